The van der Waals surface area contributed by atoms with Gasteiger partial charge in [0.05, 0.1) is 0 Å². The minimum Gasteiger partial charge on any atom is -1.00 e. The fourth-order valence-electron chi connectivity index (χ4n) is 2.74. The van der Waals surface area contributed by atoms with Gasteiger partial charge in [-0.25, -0.2) is 0 Å². The average molecular weight is 357 g/mol. The molecule has 1 atom stereocenters. The maximum atomic E-state index is 4.54. The Morgan fingerprint density at radius 2 is 1.67 bits per heavy atom. The first-order chi connectivity index (χ1) is 9.10. The molecule has 1 unspecified atom stereocenters. The fraction of sp³-hybridized carbons (Fsp3) is 0.235. The van der Waals surface area contributed by atoms with Crippen molar-refractivity contribution in [2.24, 2.45) is 0 Å². The van der Waals surface area contributed by atoms with Gasteiger partial charge in [-0.05, 0) is 0 Å². The standard InChI is InChI=1S/C17H16N.2ClH.Cr/c1-17(2,16-9-5-6-12-18-16)15-11-10-13-7-3-4-8-14(13)15;;;/h3-12H,1-2H3;2*1H;/q;;;+2/p-2. The summed E-state index contributed by atoms with van der Waals surface area (Å²) >= 11 is 3.25. The molecule has 0 saturated carbocycles. The van der Waals surface area contributed by atoms with Gasteiger partial charge in [0.1, 0.15) is 0 Å². The van der Waals surface area contributed by atoms with Gasteiger partial charge in [0.15, 0.2) is 0 Å². The molecule has 0 amide bonds. The molecule has 0 radical (unpaired) electrons. The minimum atomic E-state index is -0.0734. The molecular formula is C17H16Cl2CrN. The molecule has 0 saturated heterocycles. The number of hydrogen-bond donors (Lipinski definition) is 0. The van der Waals surface area contributed by atoms with Crippen molar-refractivity contribution < 1.29 is 41.1 Å². The van der Waals surface area contributed by atoms with E-state index in [1.54, 1.807) is 0 Å². The number of halogens is 2. The molecule has 1 heterocycles. The van der Waals surface area contributed by atoms with Crippen LogP contribution in [0, 0.1) is 0 Å². The van der Waals surface area contributed by atoms with Gasteiger partial charge in [0.2, 0.25) is 0 Å². The van der Waals surface area contributed by atoms with E-state index in [2.05, 4.69) is 77.6 Å². The number of rotatable bonds is 2. The molecule has 21 heavy (non-hydrogen) atoms. The van der Waals surface area contributed by atoms with Crippen LogP contribution in [-0.4, -0.2) is 4.98 Å². The van der Waals surface area contributed by atoms with Crippen LogP contribution >= 0.6 is 0 Å². The molecule has 0 fully saturated rings. The molecule has 4 heteroatoms. The Balaban J connectivity index is 0.00000110. The minimum absolute atomic E-state index is 0. The van der Waals surface area contributed by atoms with Crippen LogP contribution in [0.25, 0.3) is 5.57 Å². The van der Waals surface area contributed by atoms with Gasteiger partial charge >= 0.3 is 122 Å². The van der Waals surface area contributed by atoms with Crippen LogP contribution in [0.3, 0.4) is 0 Å². The maximum Gasteiger partial charge on any atom is -1.00 e. The van der Waals surface area contributed by atoms with E-state index in [4.69, 9.17) is 0 Å². The van der Waals surface area contributed by atoms with Gasteiger partial charge in [-0.15, -0.1) is 0 Å². The maximum absolute atomic E-state index is 4.54. The summed E-state index contributed by atoms with van der Waals surface area (Å²) < 4.78 is 0.370. The third-order valence-corrected chi connectivity index (χ3v) is 4.46. The van der Waals surface area contributed by atoms with Gasteiger partial charge in [-0.3, -0.25) is 0 Å². The number of fused-ring (bicyclic) bond motifs is 1. The molecule has 0 spiro atoms. The molecule has 1 aromatic carbocycles. The van der Waals surface area contributed by atoms with Gasteiger partial charge in [0, 0.05) is 0 Å². The van der Waals surface area contributed by atoms with E-state index in [1.165, 1.54) is 16.7 Å². The van der Waals surface area contributed by atoms with Crippen molar-refractivity contribution in [3.63, 3.8) is 0 Å². The van der Waals surface area contributed by atoms with Crippen LogP contribution < -0.4 is 24.8 Å². The summed E-state index contributed by atoms with van der Waals surface area (Å²) in [7, 11) is 0. The number of nitrogens with zero attached hydrogens (tertiary/aromatic N) is 1. The van der Waals surface area contributed by atoms with E-state index in [-0.39, 0.29) is 30.2 Å². The van der Waals surface area contributed by atoms with Gasteiger partial charge < -0.3 is 24.8 Å². The molecular weight excluding hydrogens is 341 g/mol. The number of aromatic nitrogens is 1. The van der Waals surface area contributed by atoms with Crippen LogP contribution in [0.2, 0.25) is 0 Å². The molecule has 109 valence electrons. The topological polar surface area (TPSA) is 12.9 Å². The molecule has 2 aromatic rings. The second kappa shape index (κ2) is 6.99. The third kappa shape index (κ3) is 3.20. The Labute approximate surface area is 147 Å². The normalized spacial score (nSPS) is 16.2. The molecule has 1 aliphatic carbocycles. The molecule has 1 nitrogen and oxygen atoms in total. The summed E-state index contributed by atoms with van der Waals surface area (Å²) in [6.07, 6.45) is 4.20. The Morgan fingerprint density at radius 1 is 1.00 bits per heavy atom. The van der Waals surface area contributed by atoms with Crippen molar-refractivity contribution in [3.8, 4) is 0 Å². The zero-order valence-electron chi connectivity index (χ0n) is 11.9. The van der Waals surface area contributed by atoms with Crippen molar-refractivity contribution in [2.45, 2.75) is 24.0 Å². The zero-order valence-corrected chi connectivity index (χ0v) is 14.7. The first kappa shape index (κ1) is 18.3. The van der Waals surface area contributed by atoms with E-state index in [1.807, 2.05) is 12.3 Å². The number of allylic oxidation sites excluding steroid dienone is 2. The number of hydrogen-bond acceptors (Lipinski definition) is 1. The quantitative estimate of drug-likeness (QED) is 0.609. The van der Waals surface area contributed by atoms with Crippen LogP contribution in [0.5, 0.6) is 0 Å². The first-order valence-electron chi connectivity index (χ1n) is 6.49. The van der Waals surface area contributed by atoms with Crippen molar-refractivity contribution in [1.82, 2.24) is 4.98 Å². The van der Waals surface area contributed by atoms with Crippen molar-refractivity contribution in [3.05, 3.63) is 71.6 Å². The number of benzene rings is 1. The van der Waals surface area contributed by atoms with Crippen LogP contribution in [0.4, 0.5) is 0 Å². The molecule has 1 aromatic heterocycles. The molecule has 0 aliphatic heterocycles. The molecule has 0 N–H and O–H groups in total. The van der Waals surface area contributed by atoms with Crippen LogP contribution in [-0.2, 0) is 21.7 Å². The van der Waals surface area contributed by atoms with Crippen molar-refractivity contribution in [1.29, 1.82) is 0 Å². The monoisotopic (exact) mass is 356 g/mol. The summed E-state index contributed by atoms with van der Waals surface area (Å²) in [4.78, 5) is 4.54. The average Bonchev–Trinajstić information content (AvgIpc) is 2.79. The molecule has 1 aliphatic rings. The molecule has 3 rings (SSSR count). The fourth-order valence-corrected chi connectivity index (χ4v) is 3.27. The van der Waals surface area contributed by atoms with Gasteiger partial charge in [-0.2, -0.15) is 0 Å². The van der Waals surface area contributed by atoms with E-state index >= 15 is 0 Å². The van der Waals surface area contributed by atoms with Crippen LogP contribution in [0.15, 0.2) is 54.7 Å². The summed E-state index contributed by atoms with van der Waals surface area (Å²) in [5, 5.41) is 0. The van der Waals surface area contributed by atoms with E-state index < -0.39 is 0 Å². The smallest absolute Gasteiger partial charge is 1.00 e. The first-order valence-corrected chi connectivity index (χ1v) is 7.23. The summed E-state index contributed by atoms with van der Waals surface area (Å²) in [6.45, 7) is 4.49. The SMILES string of the molecule is CC(C)(C1=C[CH]([Cr+2])c2ccccc21)c1ccccn1.[Cl-].[Cl-]. The summed E-state index contributed by atoms with van der Waals surface area (Å²) in [6, 6.07) is 14.8. The predicted molar refractivity (Wildman–Crippen MR) is 74.4 cm³/mol. The third-order valence-electron chi connectivity index (χ3n) is 3.85. The summed E-state index contributed by atoms with van der Waals surface area (Å²) in [5.41, 5.74) is 5.13. The predicted octanol–water partition coefficient (Wildman–Crippen LogP) is -1.95. The van der Waals surface area contributed by atoms with Crippen molar-refractivity contribution >= 4 is 5.57 Å². The number of pyridine rings is 1. The summed E-state index contributed by atoms with van der Waals surface area (Å²) in [5.74, 6) is 0. The Morgan fingerprint density at radius 3 is 2.33 bits per heavy atom. The zero-order chi connectivity index (χ0) is 13.5. The Bertz CT molecular complexity index is 638. The Kier molecular flexibility index (Phi) is 6.08. The van der Waals surface area contributed by atoms with Crippen molar-refractivity contribution in [2.75, 3.05) is 0 Å². The largest absolute Gasteiger partial charge is 1.00 e. The second-order valence-electron chi connectivity index (χ2n) is 5.43. The van der Waals surface area contributed by atoms with Gasteiger partial charge in [0.25, 0.3) is 0 Å². The van der Waals surface area contributed by atoms with Gasteiger partial charge in [-0.1, -0.05) is 0 Å². The Hall–Kier alpha value is -0.778. The van der Waals surface area contributed by atoms with E-state index in [0.29, 0.717) is 4.78 Å². The van der Waals surface area contributed by atoms with E-state index in [9.17, 15) is 0 Å². The van der Waals surface area contributed by atoms with Crippen LogP contribution in [0.1, 0.15) is 35.4 Å². The van der Waals surface area contributed by atoms with E-state index in [0.717, 1.165) is 5.69 Å². The molecule has 0 bridgehead atoms. The second-order valence-corrected chi connectivity index (χ2v) is 6.22.